The Bertz CT molecular complexity index is 352. The number of aryl methyl sites for hydroxylation is 1. The zero-order valence-electron chi connectivity index (χ0n) is 11.6. The van der Waals surface area contributed by atoms with E-state index < -0.39 is 0 Å². The Balaban J connectivity index is 2.11. The van der Waals surface area contributed by atoms with Gasteiger partial charge in [-0.15, -0.1) is 0 Å². The molecular formula is C15H24ClNO. The van der Waals surface area contributed by atoms with E-state index in [1.807, 2.05) is 25.1 Å². The van der Waals surface area contributed by atoms with Crippen molar-refractivity contribution in [1.29, 1.82) is 0 Å². The molecular weight excluding hydrogens is 246 g/mol. The average molecular weight is 270 g/mol. The van der Waals surface area contributed by atoms with Crippen molar-refractivity contribution in [2.45, 2.75) is 33.6 Å². The molecule has 1 rings (SSSR count). The summed E-state index contributed by atoms with van der Waals surface area (Å²) < 4.78 is 5.70. The topological polar surface area (TPSA) is 21.3 Å². The largest absolute Gasteiger partial charge is 0.492 e. The smallest absolute Gasteiger partial charge is 0.122 e. The molecule has 0 atom stereocenters. The number of hydrogen-bond donors (Lipinski definition) is 1. The number of hydrogen-bond acceptors (Lipinski definition) is 2. The summed E-state index contributed by atoms with van der Waals surface area (Å²) in [6.45, 7) is 9.18. The van der Waals surface area contributed by atoms with Crippen LogP contribution in [-0.4, -0.2) is 19.7 Å². The van der Waals surface area contributed by atoms with Crippen molar-refractivity contribution >= 4 is 11.6 Å². The van der Waals surface area contributed by atoms with Crippen molar-refractivity contribution in [3.63, 3.8) is 0 Å². The van der Waals surface area contributed by atoms with Crippen LogP contribution >= 0.6 is 11.6 Å². The SMILES string of the molecule is Cc1cc(Cl)ccc1OCCNCCCC(C)C. The zero-order valence-corrected chi connectivity index (χ0v) is 12.4. The fourth-order valence-electron chi connectivity index (χ4n) is 1.77. The Morgan fingerprint density at radius 2 is 2.06 bits per heavy atom. The summed E-state index contributed by atoms with van der Waals surface area (Å²) in [5.74, 6) is 1.71. The summed E-state index contributed by atoms with van der Waals surface area (Å²) in [5.41, 5.74) is 1.09. The van der Waals surface area contributed by atoms with Crippen LogP contribution in [0.5, 0.6) is 5.75 Å². The van der Waals surface area contributed by atoms with E-state index in [-0.39, 0.29) is 0 Å². The maximum atomic E-state index is 5.89. The Morgan fingerprint density at radius 3 is 2.72 bits per heavy atom. The molecule has 18 heavy (non-hydrogen) atoms. The standard InChI is InChI=1S/C15H24ClNO/c1-12(2)5-4-8-17-9-10-18-15-7-6-14(16)11-13(15)3/h6-7,11-12,17H,4-5,8-10H2,1-3H3. The van der Waals surface area contributed by atoms with Crippen molar-refractivity contribution in [3.05, 3.63) is 28.8 Å². The molecule has 0 aliphatic carbocycles. The Hall–Kier alpha value is -0.730. The normalized spacial score (nSPS) is 10.9. The lowest BCUT2D eigenvalue weighted by molar-refractivity contribution is 0.311. The fraction of sp³-hybridized carbons (Fsp3) is 0.600. The lowest BCUT2D eigenvalue weighted by atomic mass is 10.1. The van der Waals surface area contributed by atoms with E-state index in [1.54, 1.807) is 0 Å². The average Bonchev–Trinajstić information content (AvgIpc) is 2.30. The van der Waals surface area contributed by atoms with Crippen molar-refractivity contribution < 1.29 is 4.74 Å². The van der Waals surface area contributed by atoms with E-state index in [0.29, 0.717) is 6.61 Å². The third-order valence-electron chi connectivity index (χ3n) is 2.81. The minimum atomic E-state index is 0.699. The number of nitrogens with one attached hydrogen (secondary N) is 1. The molecule has 0 aliphatic rings. The van der Waals surface area contributed by atoms with E-state index in [4.69, 9.17) is 16.3 Å². The van der Waals surface area contributed by atoms with Gasteiger partial charge in [-0.3, -0.25) is 0 Å². The van der Waals surface area contributed by atoms with Gasteiger partial charge in [-0.05, 0) is 56.0 Å². The van der Waals surface area contributed by atoms with Gasteiger partial charge >= 0.3 is 0 Å². The molecule has 0 spiro atoms. The van der Waals surface area contributed by atoms with Gasteiger partial charge < -0.3 is 10.1 Å². The highest BCUT2D eigenvalue weighted by atomic mass is 35.5. The third-order valence-corrected chi connectivity index (χ3v) is 3.04. The number of ether oxygens (including phenoxy) is 1. The summed E-state index contributed by atoms with van der Waals surface area (Å²) in [6.07, 6.45) is 2.52. The maximum Gasteiger partial charge on any atom is 0.122 e. The van der Waals surface area contributed by atoms with Crippen LogP contribution in [0.25, 0.3) is 0 Å². The van der Waals surface area contributed by atoms with Crippen LogP contribution in [0.4, 0.5) is 0 Å². The molecule has 0 saturated carbocycles. The van der Waals surface area contributed by atoms with Crippen LogP contribution in [0.2, 0.25) is 5.02 Å². The quantitative estimate of drug-likeness (QED) is 0.719. The van der Waals surface area contributed by atoms with E-state index in [9.17, 15) is 0 Å². The number of rotatable bonds is 8. The fourth-order valence-corrected chi connectivity index (χ4v) is 1.99. The third kappa shape index (κ3) is 6.27. The van der Waals surface area contributed by atoms with Crippen molar-refractivity contribution in [1.82, 2.24) is 5.32 Å². The molecule has 0 aliphatic heterocycles. The molecule has 1 N–H and O–H groups in total. The Labute approximate surface area is 116 Å². The lowest BCUT2D eigenvalue weighted by Crippen LogP contribution is -2.22. The van der Waals surface area contributed by atoms with E-state index in [2.05, 4.69) is 19.2 Å². The van der Waals surface area contributed by atoms with Gasteiger partial charge in [0.05, 0.1) is 0 Å². The molecule has 0 heterocycles. The Kier molecular flexibility index (Phi) is 7.14. The monoisotopic (exact) mass is 269 g/mol. The van der Waals surface area contributed by atoms with Gasteiger partial charge in [0.1, 0.15) is 12.4 Å². The van der Waals surface area contributed by atoms with E-state index in [1.165, 1.54) is 12.8 Å². The summed E-state index contributed by atoms with van der Waals surface area (Å²) in [4.78, 5) is 0. The van der Waals surface area contributed by atoms with Crippen molar-refractivity contribution in [2.24, 2.45) is 5.92 Å². The van der Waals surface area contributed by atoms with Crippen LogP contribution in [0.1, 0.15) is 32.3 Å². The minimum absolute atomic E-state index is 0.699. The van der Waals surface area contributed by atoms with Gasteiger partial charge in [0, 0.05) is 11.6 Å². The number of benzene rings is 1. The molecule has 102 valence electrons. The molecule has 0 unspecified atom stereocenters. The van der Waals surface area contributed by atoms with Crippen LogP contribution in [0.15, 0.2) is 18.2 Å². The highest BCUT2D eigenvalue weighted by Gasteiger charge is 1.99. The minimum Gasteiger partial charge on any atom is -0.492 e. The van der Waals surface area contributed by atoms with E-state index >= 15 is 0 Å². The molecule has 0 radical (unpaired) electrons. The summed E-state index contributed by atoms with van der Waals surface area (Å²) in [6, 6.07) is 5.71. The van der Waals surface area contributed by atoms with Gasteiger partial charge in [0.15, 0.2) is 0 Å². The van der Waals surface area contributed by atoms with Crippen LogP contribution in [0, 0.1) is 12.8 Å². The maximum absolute atomic E-state index is 5.89. The molecule has 0 fully saturated rings. The van der Waals surface area contributed by atoms with Crippen molar-refractivity contribution in [3.8, 4) is 5.75 Å². The predicted molar refractivity (Wildman–Crippen MR) is 78.6 cm³/mol. The highest BCUT2D eigenvalue weighted by molar-refractivity contribution is 6.30. The molecule has 1 aromatic rings. The first-order chi connectivity index (χ1) is 8.59. The second-order valence-electron chi connectivity index (χ2n) is 5.04. The van der Waals surface area contributed by atoms with Crippen LogP contribution in [0.3, 0.4) is 0 Å². The van der Waals surface area contributed by atoms with Gasteiger partial charge in [0.25, 0.3) is 0 Å². The molecule has 0 saturated heterocycles. The van der Waals surface area contributed by atoms with Gasteiger partial charge in [-0.25, -0.2) is 0 Å². The van der Waals surface area contributed by atoms with Gasteiger partial charge in [-0.2, -0.15) is 0 Å². The molecule has 2 nitrogen and oxygen atoms in total. The molecule has 0 aromatic heterocycles. The molecule has 1 aromatic carbocycles. The van der Waals surface area contributed by atoms with Gasteiger partial charge in [0.2, 0.25) is 0 Å². The molecule has 3 heteroatoms. The lowest BCUT2D eigenvalue weighted by Gasteiger charge is -2.10. The zero-order chi connectivity index (χ0) is 13.4. The summed E-state index contributed by atoms with van der Waals surface area (Å²) in [5, 5.41) is 4.15. The second kappa shape index (κ2) is 8.39. The van der Waals surface area contributed by atoms with Gasteiger partial charge in [-0.1, -0.05) is 25.4 Å². The Morgan fingerprint density at radius 1 is 1.28 bits per heavy atom. The number of halogens is 1. The first kappa shape index (κ1) is 15.3. The summed E-state index contributed by atoms with van der Waals surface area (Å²) in [7, 11) is 0. The molecule has 0 bridgehead atoms. The first-order valence-electron chi connectivity index (χ1n) is 6.69. The predicted octanol–water partition coefficient (Wildman–Crippen LogP) is 4.05. The van der Waals surface area contributed by atoms with Crippen LogP contribution < -0.4 is 10.1 Å². The van der Waals surface area contributed by atoms with Crippen molar-refractivity contribution in [2.75, 3.05) is 19.7 Å². The summed E-state index contributed by atoms with van der Waals surface area (Å²) >= 11 is 5.89. The van der Waals surface area contributed by atoms with E-state index in [0.717, 1.165) is 35.3 Å². The first-order valence-corrected chi connectivity index (χ1v) is 7.07. The highest BCUT2D eigenvalue weighted by Crippen LogP contribution is 2.21. The van der Waals surface area contributed by atoms with Crippen LogP contribution in [-0.2, 0) is 0 Å². The second-order valence-corrected chi connectivity index (χ2v) is 5.48. The molecule has 0 amide bonds.